The lowest BCUT2D eigenvalue weighted by atomic mass is 9.82. The van der Waals surface area contributed by atoms with Crippen molar-refractivity contribution in [2.75, 3.05) is 5.32 Å². The number of amides is 1. The number of nitrogens with one attached hydrogen (secondary N) is 1. The fourth-order valence-electron chi connectivity index (χ4n) is 2.75. The summed E-state index contributed by atoms with van der Waals surface area (Å²) in [4.78, 5) is 12.5. The minimum Gasteiger partial charge on any atom is -0.307 e. The summed E-state index contributed by atoms with van der Waals surface area (Å²) in [7, 11) is 1.81. The molecule has 1 aliphatic rings. The summed E-state index contributed by atoms with van der Waals surface area (Å²) in [5, 5.41) is 10.8. The number of hydrogen-bond acceptors (Lipinski definition) is 3. The van der Waals surface area contributed by atoms with Crippen molar-refractivity contribution in [1.82, 2.24) is 15.0 Å². The third kappa shape index (κ3) is 2.19. The van der Waals surface area contributed by atoms with Crippen molar-refractivity contribution in [1.29, 1.82) is 0 Å². The summed E-state index contributed by atoms with van der Waals surface area (Å²) in [6.07, 6.45) is 3.00. The van der Waals surface area contributed by atoms with Gasteiger partial charge in [0.15, 0.2) is 5.82 Å². The second-order valence-corrected chi connectivity index (χ2v) is 5.28. The maximum Gasteiger partial charge on any atom is 0.233 e. The number of benzene rings is 1. The smallest absolute Gasteiger partial charge is 0.233 e. The number of fused-ring (bicyclic) bond motifs is 1. The molecule has 2 aromatic rings. The Morgan fingerprint density at radius 1 is 1.40 bits per heavy atom. The van der Waals surface area contributed by atoms with E-state index in [1.165, 1.54) is 5.56 Å². The van der Waals surface area contributed by atoms with E-state index in [0.717, 1.165) is 30.5 Å². The van der Waals surface area contributed by atoms with E-state index in [4.69, 9.17) is 0 Å². The molecule has 0 bridgehead atoms. The average Bonchev–Trinajstić information content (AvgIpc) is 2.78. The lowest BCUT2D eigenvalue weighted by molar-refractivity contribution is -0.117. The molecule has 0 saturated heterocycles. The Kier molecular flexibility index (Phi) is 3.26. The second kappa shape index (κ2) is 5.07. The molecule has 0 fully saturated rings. The van der Waals surface area contributed by atoms with E-state index in [2.05, 4.69) is 27.8 Å². The number of hydrogen-bond donors (Lipinski definition) is 1. The van der Waals surface area contributed by atoms with Gasteiger partial charge in [0.1, 0.15) is 0 Å². The summed E-state index contributed by atoms with van der Waals surface area (Å²) < 4.78 is 1.66. The van der Waals surface area contributed by atoms with Crippen LogP contribution in [0.4, 0.5) is 5.82 Å². The average molecular weight is 270 g/mol. The number of carbonyl (C=O) groups excluding carboxylic acids is 1. The highest BCUT2D eigenvalue weighted by Gasteiger charge is 2.27. The van der Waals surface area contributed by atoms with Gasteiger partial charge in [-0.1, -0.05) is 29.5 Å². The molecule has 1 unspecified atom stereocenters. The molecule has 0 aliphatic heterocycles. The van der Waals surface area contributed by atoms with Crippen LogP contribution >= 0.6 is 0 Å². The Labute approximate surface area is 118 Å². The minimum atomic E-state index is -0.0821. The molecule has 1 aliphatic carbocycles. The van der Waals surface area contributed by atoms with Crippen LogP contribution in [-0.4, -0.2) is 20.9 Å². The molecule has 20 heavy (non-hydrogen) atoms. The maximum absolute atomic E-state index is 12.5. The van der Waals surface area contributed by atoms with Gasteiger partial charge in [-0.05, 0) is 37.3 Å². The van der Waals surface area contributed by atoms with Gasteiger partial charge in [-0.2, -0.15) is 0 Å². The molecule has 0 radical (unpaired) electrons. The van der Waals surface area contributed by atoms with Crippen molar-refractivity contribution in [3.63, 3.8) is 0 Å². The highest BCUT2D eigenvalue weighted by Crippen LogP contribution is 2.32. The molecule has 1 atom stereocenters. The number of aryl methyl sites for hydroxylation is 2. The van der Waals surface area contributed by atoms with Gasteiger partial charge in [-0.3, -0.25) is 9.48 Å². The monoisotopic (exact) mass is 270 g/mol. The molecule has 104 valence electrons. The van der Waals surface area contributed by atoms with Gasteiger partial charge in [-0.15, -0.1) is 5.10 Å². The van der Waals surface area contributed by atoms with Crippen LogP contribution in [0.3, 0.4) is 0 Å². The minimum absolute atomic E-state index is 0.0146. The van der Waals surface area contributed by atoms with Crippen LogP contribution in [-0.2, 0) is 18.3 Å². The number of aromatic nitrogens is 3. The fourth-order valence-corrected chi connectivity index (χ4v) is 2.75. The zero-order chi connectivity index (χ0) is 14.1. The van der Waals surface area contributed by atoms with Crippen LogP contribution in [0, 0.1) is 6.92 Å². The fraction of sp³-hybridized carbons (Fsp3) is 0.400. The molecular formula is C15H18N4O. The highest BCUT2D eigenvalue weighted by molar-refractivity contribution is 5.95. The summed E-state index contributed by atoms with van der Waals surface area (Å²) in [6, 6.07) is 8.20. The van der Waals surface area contributed by atoms with Gasteiger partial charge in [-0.25, -0.2) is 0 Å². The first-order valence-electron chi connectivity index (χ1n) is 6.92. The van der Waals surface area contributed by atoms with Crippen LogP contribution in [0.25, 0.3) is 0 Å². The third-order valence-corrected chi connectivity index (χ3v) is 4.03. The first-order valence-corrected chi connectivity index (χ1v) is 6.92. The molecule has 5 heteroatoms. The molecule has 1 heterocycles. The van der Waals surface area contributed by atoms with E-state index < -0.39 is 0 Å². The Balaban J connectivity index is 1.84. The molecular weight excluding hydrogens is 252 g/mol. The van der Waals surface area contributed by atoms with E-state index in [1.54, 1.807) is 4.68 Å². The van der Waals surface area contributed by atoms with Crippen molar-refractivity contribution in [2.24, 2.45) is 7.05 Å². The number of anilines is 1. The maximum atomic E-state index is 12.5. The Hall–Kier alpha value is -2.17. The van der Waals surface area contributed by atoms with Gasteiger partial charge in [0.05, 0.1) is 11.6 Å². The van der Waals surface area contributed by atoms with Crippen LogP contribution in [0.5, 0.6) is 0 Å². The van der Waals surface area contributed by atoms with E-state index in [-0.39, 0.29) is 11.8 Å². The number of nitrogens with zero attached hydrogens (tertiary/aromatic N) is 3. The molecule has 1 N–H and O–H groups in total. The molecule has 0 spiro atoms. The standard InChI is InChI=1S/C15H18N4O/c1-10-14(17-18-19(10)2)16-15(20)13-9-5-7-11-6-3-4-8-12(11)13/h3-4,6,8,13H,5,7,9H2,1-2H3,(H,16,20). The van der Waals surface area contributed by atoms with Crippen molar-refractivity contribution in [3.05, 3.63) is 41.1 Å². The molecule has 1 aromatic carbocycles. The Morgan fingerprint density at radius 2 is 2.20 bits per heavy atom. The molecule has 0 saturated carbocycles. The van der Waals surface area contributed by atoms with Gasteiger partial charge in [0, 0.05) is 7.05 Å². The number of carbonyl (C=O) groups is 1. The highest BCUT2D eigenvalue weighted by atomic mass is 16.2. The van der Waals surface area contributed by atoms with Gasteiger partial charge in [0.25, 0.3) is 0 Å². The largest absolute Gasteiger partial charge is 0.307 e. The van der Waals surface area contributed by atoms with Gasteiger partial charge >= 0.3 is 0 Å². The Morgan fingerprint density at radius 3 is 2.95 bits per heavy atom. The normalized spacial score (nSPS) is 17.6. The summed E-state index contributed by atoms with van der Waals surface area (Å²) in [5.41, 5.74) is 3.30. The first-order chi connectivity index (χ1) is 9.66. The van der Waals surface area contributed by atoms with E-state index >= 15 is 0 Å². The molecule has 5 nitrogen and oxygen atoms in total. The van der Waals surface area contributed by atoms with Crippen LogP contribution in [0.15, 0.2) is 24.3 Å². The zero-order valence-electron chi connectivity index (χ0n) is 11.8. The van der Waals surface area contributed by atoms with Crippen LogP contribution < -0.4 is 5.32 Å². The predicted octanol–water partition coefficient (Wildman–Crippen LogP) is 2.18. The Bertz CT molecular complexity index is 647. The number of rotatable bonds is 2. The van der Waals surface area contributed by atoms with Crippen LogP contribution in [0.1, 0.15) is 35.6 Å². The third-order valence-electron chi connectivity index (χ3n) is 4.03. The van der Waals surface area contributed by atoms with Gasteiger partial charge in [0.2, 0.25) is 5.91 Å². The topological polar surface area (TPSA) is 59.8 Å². The van der Waals surface area contributed by atoms with Gasteiger partial charge < -0.3 is 5.32 Å². The summed E-state index contributed by atoms with van der Waals surface area (Å²) in [5.74, 6) is 0.489. The first kappa shape index (κ1) is 12.8. The SMILES string of the molecule is Cc1c(NC(=O)C2CCCc3ccccc32)nnn1C. The van der Waals surface area contributed by atoms with Crippen molar-refractivity contribution < 1.29 is 4.79 Å². The van der Waals surface area contributed by atoms with E-state index in [1.807, 2.05) is 26.1 Å². The molecule has 1 aromatic heterocycles. The zero-order valence-corrected chi connectivity index (χ0v) is 11.8. The predicted molar refractivity (Wildman–Crippen MR) is 76.5 cm³/mol. The quantitative estimate of drug-likeness (QED) is 0.910. The molecule has 1 amide bonds. The molecule has 3 rings (SSSR count). The summed E-state index contributed by atoms with van der Waals surface area (Å²) >= 11 is 0. The lowest BCUT2D eigenvalue weighted by Crippen LogP contribution is -2.25. The van der Waals surface area contributed by atoms with Crippen molar-refractivity contribution in [3.8, 4) is 0 Å². The van der Waals surface area contributed by atoms with E-state index in [9.17, 15) is 4.79 Å². The van der Waals surface area contributed by atoms with Crippen molar-refractivity contribution >= 4 is 11.7 Å². The lowest BCUT2D eigenvalue weighted by Gasteiger charge is -2.24. The van der Waals surface area contributed by atoms with Crippen molar-refractivity contribution in [2.45, 2.75) is 32.1 Å². The van der Waals surface area contributed by atoms with Crippen LogP contribution in [0.2, 0.25) is 0 Å². The second-order valence-electron chi connectivity index (χ2n) is 5.28. The van der Waals surface area contributed by atoms with E-state index in [0.29, 0.717) is 5.82 Å². The summed E-state index contributed by atoms with van der Waals surface area (Å²) in [6.45, 7) is 1.89.